The summed E-state index contributed by atoms with van der Waals surface area (Å²) in [7, 11) is 1.48. The van der Waals surface area contributed by atoms with Gasteiger partial charge in [-0.1, -0.05) is 59.6 Å². The molecule has 0 bridgehead atoms. The number of anilines is 2. The number of nitrogens with one attached hydrogen (secondary N) is 2. The fourth-order valence-corrected chi connectivity index (χ4v) is 6.64. The Balaban J connectivity index is 1.18. The van der Waals surface area contributed by atoms with E-state index in [4.69, 9.17) is 32.7 Å². The van der Waals surface area contributed by atoms with Crippen LogP contribution in [-0.2, 0) is 14.4 Å². The van der Waals surface area contributed by atoms with E-state index in [0.717, 1.165) is 4.90 Å². The number of hydrogen-bond acceptors (Lipinski definition) is 7. The van der Waals surface area contributed by atoms with Crippen LogP contribution in [0.3, 0.4) is 0 Å². The number of methoxy groups -OCH3 is 1. The molecule has 0 aliphatic carbocycles. The van der Waals surface area contributed by atoms with Gasteiger partial charge in [0.2, 0.25) is 11.8 Å². The number of hydrogen-bond donors (Lipinski definition) is 2. The predicted octanol–water partition coefficient (Wildman–Crippen LogP) is 8.63. The zero-order valence-electron chi connectivity index (χ0n) is 27.0. The Labute approximate surface area is 308 Å². The van der Waals surface area contributed by atoms with Crippen LogP contribution < -0.4 is 25.0 Å². The second-order valence-corrected chi connectivity index (χ2v) is 13.3. The van der Waals surface area contributed by atoms with Crippen LogP contribution in [0.5, 0.6) is 17.2 Å². The van der Waals surface area contributed by atoms with Gasteiger partial charge in [0.1, 0.15) is 22.9 Å². The summed E-state index contributed by atoms with van der Waals surface area (Å²) < 4.78 is 11.0. The van der Waals surface area contributed by atoms with Gasteiger partial charge in [0.05, 0.1) is 23.1 Å². The van der Waals surface area contributed by atoms with Crippen LogP contribution in [0.4, 0.5) is 11.4 Å². The molecule has 1 fully saturated rings. The Morgan fingerprint density at radius 2 is 1.55 bits per heavy atom. The van der Waals surface area contributed by atoms with Gasteiger partial charge in [0, 0.05) is 27.6 Å². The average Bonchev–Trinajstić information content (AvgIpc) is 3.41. The number of nitrogens with zero attached hydrogens (tertiary/aromatic N) is 1. The molecule has 1 saturated heterocycles. The standard InChI is InChI=1S/C39H29Cl2N3O6S/c1-49-34-19-14-28(22-32(34)41)44-36(45)23-35(39(44)48)51-31-9-5-8-27(21-31)42-38(47)33(43-37(46)25-6-3-2-4-7-25)20-24-10-15-29(16-11-24)50-30-17-12-26(40)13-18-30/h2-22,35H,23H2,1H3,(H,42,47)(H,43,46)/b33-20-/t35-/m1/s1. The average molecular weight is 739 g/mol. The van der Waals surface area contributed by atoms with Crippen molar-refractivity contribution in [1.29, 1.82) is 0 Å². The third kappa shape index (κ3) is 8.79. The minimum atomic E-state index is -0.684. The van der Waals surface area contributed by atoms with E-state index in [1.165, 1.54) is 24.9 Å². The summed E-state index contributed by atoms with van der Waals surface area (Å²) >= 11 is 13.4. The van der Waals surface area contributed by atoms with Gasteiger partial charge >= 0.3 is 0 Å². The van der Waals surface area contributed by atoms with Crippen LogP contribution in [0.1, 0.15) is 22.3 Å². The van der Waals surface area contributed by atoms with Crippen molar-refractivity contribution in [2.45, 2.75) is 16.6 Å². The number of carbonyl (C=O) groups excluding carboxylic acids is 4. The summed E-state index contributed by atoms with van der Waals surface area (Å²) in [4.78, 5) is 54.8. The highest BCUT2D eigenvalue weighted by Crippen LogP contribution is 2.37. The monoisotopic (exact) mass is 737 g/mol. The van der Waals surface area contributed by atoms with E-state index >= 15 is 0 Å². The number of benzene rings is 5. The van der Waals surface area contributed by atoms with Gasteiger partial charge in [-0.15, -0.1) is 11.8 Å². The fourth-order valence-electron chi connectivity index (χ4n) is 5.15. The fraction of sp³-hybridized carbons (Fsp3) is 0.0769. The molecule has 6 rings (SSSR count). The molecule has 1 heterocycles. The molecule has 1 aliphatic rings. The number of amides is 4. The van der Waals surface area contributed by atoms with Crippen LogP contribution in [0.25, 0.3) is 6.08 Å². The minimum absolute atomic E-state index is 0.00126. The van der Waals surface area contributed by atoms with Crippen molar-refractivity contribution in [3.63, 3.8) is 0 Å². The van der Waals surface area contributed by atoms with Crippen LogP contribution >= 0.6 is 35.0 Å². The van der Waals surface area contributed by atoms with Crippen molar-refractivity contribution in [3.05, 3.63) is 148 Å². The third-order valence-corrected chi connectivity index (χ3v) is 9.36. The lowest BCUT2D eigenvalue weighted by atomic mass is 10.1. The van der Waals surface area contributed by atoms with E-state index in [2.05, 4.69) is 10.6 Å². The summed E-state index contributed by atoms with van der Waals surface area (Å²) in [6.07, 6.45) is 1.55. The van der Waals surface area contributed by atoms with Gasteiger partial charge in [-0.3, -0.25) is 19.2 Å². The van der Waals surface area contributed by atoms with Crippen molar-refractivity contribution in [1.82, 2.24) is 5.32 Å². The quantitative estimate of drug-likeness (QED) is 0.103. The molecule has 0 aromatic heterocycles. The lowest BCUT2D eigenvalue weighted by molar-refractivity contribution is -0.121. The van der Waals surface area contributed by atoms with Crippen molar-refractivity contribution in [3.8, 4) is 17.2 Å². The van der Waals surface area contributed by atoms with Gasteiger partial charge in [-0.05, 0) is 96.6 Å². The molecule has 1 aliphatic heterocycles. The maximum atomic E-state index is 13.7. The minimum Gasteiger partial charge on any atom is -0.495 e. The Hall–Kier alpha value is -5.55. The van der Waals surface area contributed by atoms with Gasteiger partial charge in [0.25, 0.3) is 11.8 Å². The molecule has 5 aromatic rings. The zero-order chi connectivity index (χ0) is 35.9. The predicted molar refractivity (Wildman–Crippen MR) is 200 cm³/mol. The van der Waals surface area contributed by atoms with Crippen LogP contribution in [-0.4, -0.2) is 36.0 Å². The molecule has 0 spiro atoms. The first kappa shape index (κ1) is 35.3. The van der Waals surface area contributed by atoms with Gasteiger partial charge in [-0.25, -0.2) is 4.90 Å². The van der Waals surface area contributed by atoms with Crippen molar-refractivity contribution in [2.24, 2.45) is 0 Å². The second kappa shape index (κ2) is 16.0. The smallest absolute Gasteiger partial charge is 0.272 e. The van der Waals surface area contributed by atoms with Crippen molar-refractivity contribution >= 4 is 76.0 Å². The van der Waals surface area contributed by atoms with Crippen molar-refractivity contribution < 1.29 is 28.7 Å². The molecular formula is C39H29Cl2N3O6S. The molecular weight excluding hydrogens is 709 g/mol. The van der Waals surface area contributed by atoms with Gasteiger partial charge in [-0.2, -0.15) is 0 Å². The van der Waals surface area contributed by atoms with E-state index in [0.29, 0.717) is 49.7 Å². The first-order chi connectivity index (χ1) is 24.7. The number of thioether (sulfide) groups is 1. The molecule has 51 heavy (non-hydrogen) atoms. The molecule has 1 atom stereocenters. The maximum Gasteiger partial charge on any atom is 0.272 e. The van der Waals surface area contributed by atoms with E-state index in [1.807, 2.05) is 0 Å². The van der Waals surface area contributed by atoms with E-state index < -0.39 is 17.1 Å². The Morgan fingerprint density at radius 1 is 0.843 bits per heavy atom. The Kier molecular flexibility index (Phi) is 11.1. The number of rotatable bonds is 11. The molecule has 9 nitrogen and oxygen atoms in total. The van der Waals surface area contributed by atoms with Gasteiger partial charge < -0.3 is 20.1 Å². The van der Waals surface area contributed by atoms with Crippen LogP contribution in [0.15, 0.2) is 132 Å². The first-order valence-corrected chi connectivity index (χ1v) is 17.2. The SMILES string of the molecule is COc1ccc(N2C(=O)C[C@@H](Sc3cccc(NC(=O)/C(=C/c4ccc(Oc5ccc(Cl)cc5)cc4)NC(=O)c4ccccc4)c3)C2=O)cc1Cl. The highest BCUT2D eigenvalue weighted by molar-refractivity contribution is 8.00. The summed E-state index contributed by atoms with van der Waals surface area (Å²) in [5, 5.41) is 5.77. The maximum absolute atomic E-state index is 13.7. The number of carbonyl (C=O) groups is 4. The zero-order valence-corrected chi connectivity index (χ0v) is 29.3. The van der Waals surface area contributed by atoms with E-state index in [-0.39, 0.29) is 29.0 Å². The Bertz CT molecular complexity index is 2130. The van der Waals surface area contributed by atoms with Crippen molar-refractivity contribution in [2.75, 3.05) is 17.3 Å². The number of halogens is 2. The highest BCUT2D eigenvalue weighted by atomic mass is 35.5. The molecule has 0 radical (unpaired) electrons. The largest absolute Gasteiger partial charge is 0.495 e. The molecule has 4 amide bonds. The molecule has 0 unspecified atom stereocenters. The highest BCUT2D eigenvalue weighted by Gasteiger charge is 2.40. The normalized spacial score (nSPS) is 14.3. The first-order valence-electron chi connectivity index (χ1n) is 15.6. The number of ether oxygens (including phenoxy) is 2. The number of imide groups is 1. The second-order valence-electron chi connectivity index (χ2n) is 11.2. The van der Waals surface area contributed by atoms with Crippen LogP contribution in [0, 0.1) is 0 Å². The summed E-state index contributed by atoms with van der Waals surface area (Å²) in [6.45, 7) is 0. The lowest BCUT2D eigenvalue weighted by Crippen LogP contribution is -2.31. The third-order valence-electron chi connectivity index (χ3n) is 7.64. The molecule has 2 N–H and O–H groups in total. The van der Waals surface area contributed by atoms with Crippen LogP contribution in [0.2, 0.25) is 10.0 Å². The van der Waals surface area contributed by atoms with E-state index in [1.54, 1.807) is 121 Å². The molecule has 5 aromatic carbocycles. The molecule has 0 saturated carbocycles. The Morgan fingerprint density at radius 3 is 2.24 bits per heavy atom. The summed E-state index contributed by atoms with van der Waals surface area (Å²) in [5.74, 6) is -0.146. The summed E-state index contributed by atoms with van der Waals surface area (Å²) in [6, 6.07) is 34.1. The van der Waals surface area contributed by atoms with Gasteiger partial charge in [0.15, 0.2) is 0 Å². The molecule has 12 heteroatoms. The molecule has 256 valence electrons. The lowest BCUT2D eigenvalue weighted by Gasteiger charge is -2.16. The summed E-state index contributed by atoms with van der Waals surface area (Å²) in [5.41, 5.74) is 1.79. The van der Waals surface area contributed by atoms with E-state index in [9.17, 15) is 19.2 Å². The topological polar surface area (TPSA) is 114 Å².